The second-order valence-electron chi connectivity index (χ2n) is 5.36. The molecule has 2 aromatic carbocycles. The first kappa shape index (κ1) is 19.7. The Labute approximate surface area is 174 Å². The second-order valence-corrected chi connectivity index (χ2v) is 7.06. The van der Waals surface area contributed by atoms with E-state index in [2.05, 4.69) is 31.2 Å². The van der Waals surface area contributed by atoms with Gasteiger partial charge in [0.2, 0.25) is 0 Å². The van der Waals surface area contributed by atoms with Crippen LogP contribution in [0.15, 0.2) is 52.6 Å². The van der Waals surface area contributed by atoms with Crippen molar-refractivity contribution >= 4 is 45.3 Å². The number of rotatable bonds is 7. The molecule has 0 atom stereocenters. The summed E-state index contributed by atoms with van der Waals surface area (Å²) in [7, 11) is 0. The molecule has 1 heterocycles. The summed E-state index contributed by atoms with van der Waals surface area (Å²) in [4.78, 5) is 0. The molecule has 140 valence electrons. The van der Waals surface area contributed by atoms with E-state index in [9.17, 15) is 0 Å². The van der Waals surface area contributed by atoms with Crippen LogP contribution in [0, 0.1) is 0 Å². The van der Waals surface area contributed by atoms with Gasteiger partial charge in [0, 0.05) is 25.6 Å². The van der Waals surface area contributed by atoms with E-state index in [1.807, 2.05) is 25.1 Å². The van der Waals surface area contributed by atoms with Gasteiger partial charge in [0.05, 0.1) is 12.8 Å². The van der Waals surface area contributed by atoms with Crippen LogP contribution in [0.3, 0.4) is 0 Å². The van der Waals surface area contributed by atoms with Crippen molar-refractivity contribution in [2.24, 2.45) is 5.10 Å². The fourth-order valence-electron chi connectivity index (χ4n) is 2.21. The molecule has 6 nitrogen and oxygen atoms in total. The fourth-order valence-corrected chi connectivity index (χ4v) is 3.10. The van der Waals surface area contributed by atoms with Crippen molar-refractivity contribution in [3.8, 4) is 11.5 Å². The van der Waals surface area contributed by atoms with Gasteiger partial charge in [-0.15, -0.1) is 10.2 Å². The highest BCUT2D eigenvalue weighted by molar-refractivity contribution is 9.10. The monoisotopic (exact) mass is 468 g/mol. The molecule has 0 aliphatic carbocycles. The number of ether oxygens (including phenoxy) is 2. The summed E-state index contributed by atoms with van der Waals surface area (Å²) in [5.74, 6) is 1.20. The van der Waals surface area contributed by atoms with Crippen molar-refractivity contribution in [3.05, 3.63) is 68.6 Å². The molecular weight excluding hydrogens is 455 g/mol. The van der Waals surface area contributed by atoms with Crippen molar-refractivity contribution in [2.75, 3.05) is 6.61 Å². The minimum Gasteiger partial charge on any atom is -0.490 e. The lowest BCUT2D eigenvalue weighted by atomic mass is 10.2. The van der Waals surface area contributed by atoms with Crippen molar-refractivity contribution < 1.29 is 9.47 Å². The quantitative estimate of drug-likeness (QED) is 0.445. The predicted molar refractivity (Wildman–Crippen MR) is 109 cm³/mol. The first-order valence-corrected chi connectivity index (χ1v) is 9.53. The minimum absolute atomic E-state index is 0.288. The average Bonchev–Trinajstić information content (AvgIpc) is 3.15. The van der Waals surface area contributed by atoms with Gasteiger partial charge in [-0.1, -0.05) is 29.3 Å². The van der Waals surface area contributed by atoms with E-state index in [1.54, 1.807) is 18.3 Å². The molecule has 0 N–H and O–H groups in total. The van der Waals surface area contributed by atoms with E-state index < -0.39 is 0 Å². The first-order valence-electron chi connectivity index (χ1n) is 7.99. The summed E-state index contributed by atoms with van der Waals surface area (Å²) in [6, 6.07) is 8.98. The van der Waals surface area contributed by atoms with E-state index in [0.29, 0.717) is 28.2 Å². The van der Waals surface area contributed by atoms with Crippen LogP contribution < -0.4 is 9.47 Å². The van der Waals surface area contributed by atoms with Crippen LogP contribution >= 0.6 is 39.1 Å². The minimum atomic E-state index is 0.288. The third-order valence-electron chi connectivity index (χ3n) is 3.50. The largest absolute Gasteiger partial charge is 0.490 e. The molecule has 0 saturated heterocycles. The lowest BCUT2D eigenvalue weighted by Gasteiger charge is -2.14. The Balaban J connectivity index is 1.82. The molecule has 9 heteroatoms. The Morgan fingerprint density at radius 1 is 1.11 bits per heavy atom. The molecule has 3 rings (SSSR count). The van der Waals surface area contributed by atoms with Crippen molar-refractivity contribution in [1.82, 2.24) is 14.9 Å². The molecule has 0 amide bonds. The van der Waals surface area contributed by atoms with Gasteiger partial charge in [0.1, 0.15) is 19.3 Å². The Kier molecular flexibility index (Phi) is 6.71. The number of benzene rings is 2. The molecule has 0 aliphatic rings. The van der Waals surface area contributed by atoms with Crippen LogP contribution in [-0.2, 0) is 6.61 Å². The smallest absolute Gasteiger partial charge is 0.162 e. The van der Waals surface area contributed by atoms with Crippen LogP contribution in [0.5, 0.6) is 11.5 Å². The van der Waals surface area contributed by atoms with Gasteiger partial charge in [0.15, 0.2) is 11.5 Å². The van der Waals surface area contributed by atoms with Gasteiger partial charge in [-0.05, 0) is 47.1 Å². The van der Waals surface area contributed by atoms with E-state index >= 15 is 0 Å². The first-order chi connectivity index (χ1) is 13.1. The maximum absolute atomic E-state index is 6.21. The van der Waals surface area contributed by atoms with Crippen molar-refractivity contribution in [3.63, 3.8) is 0 Å². The number of nitrogens with zero attached hydrogens (tertiary/aromatic N) is 4. The van der Waals surface area contributed by atoms with Gasteiger partial charge in [-0.2, -0.15) is 5.10 Å². The molecule has 0 saturated carbocycles. The highest BCUT2D eigenvalue weighted by atomic mass is 79.9. The van der Waals surface area contributed by atoms with Gasteiger partial charge in [-0.3, -0.25) is 0 Å². The summed E-state index contributed by atoms with van der Waals surface area (Å²) < 4.78 is 14.0. The fraction of sp³-hybridized carbons (Fsp3) is 0.167. The highest BCUT2D eigenvalue weighted by Crippen LogP contribution is 2.34. The summed E-state index contributed by atoms with van der Waals surface area (Å²) in [6.45, 7) is 2.70. The van der Waals surface area contributed by atoms with Crippen molar-refractivity contribution in [2.45, 2.75) is 13.5 Å². The summed E-state index contributed by atoms with van der Waals surface area (Å²) in [5.41, 5.74) is 1.65. The molecular formula is C18H15BrCl2N4O2. The number of halogens is 3. The van der Waals surface area contributed by atoms with E-state index in [0.717, 1.165) is 15.6 Å². The van der Waals surface area contributed by atoms with Crippen molar-refractivity contribution in [1.29, 1.82) is 0 Å². The lowest BCUT2D eigenvalue weighted by molar-refractivity contribution is 0.269. The maximum Gasteiger partial charge on any atom is 0.162 e. The third-order valence-corrected chi connectivity index (χ3v) is 4.77. The molecule has 0 bridgehead atoms. The van der Waals surface area contributed by atoms with E-state index in [1.165, 1.54) is 17.3 Å². The Bertz CT molecular complexity index is 949. The summed E-state index contributed by atoms with van der Waals surface area (Å²) in [6.07, 6.45) is 4.68. The summed E-state index contributed by atoms with van der Waals surface area (Å²) in [5, 5.41) is 12.8. The van der Waals surface area contributed by atoms with Crippen LogP contribution in [0.2, 0.25) is 10.0 Å². The number of aromatic nitrogens is 3. The van der Waals surface area contributed by atoms with Gasteiger partial charge >= 0.3 is 0 Å². The average molecular weight is 470 g/mol. The zero-order chi connectivity index (χ0) is 19.2. The molecule has 0 spiro atoms. The number of hydrogen-bond donors (Lipinski definition) is 0. The maximum atomic E-state index is 6.21. The molecule has 0 fully saturated rings. The molecule has 27 heavy (non-hydrogen) atoms. The van der Waals surface area contributed by atoms with Crippen LogP contribution in [0.1, 0.15) is 18.1 Å². The molecule has 1 aromatic heterocycles. The van der Waals surface area contributed by atoms with Gasteiger partial charge in [-0.25, -0.2) is 4.68 Å². The Morgan fingerprint density at radius 3 is 2.56 bits per heavy atom. The predicted octanol–water partition coefficient (Wildman–Crippen LogP) is 5.21. The van der Waals surface area contributed by atoms with E-state index in [-0.39, 0.29) is 6.61 Å². The Morgan fingerprint density at radius 2 is 1.85 bits per heavy atom. The SMILES string of the molecule is CCOc1cc(/C=N\n2cnnc2)c(Br)cc1OCc1ccc(Cl)cc1Cl. The number of hydrogen-bond acceptors (Lipinski definition) is 5. The molecule has 3 aromatic rings. The lowest BCUT2D eigenvalue weighted by Crippen LogP contribution is -2.02. The standard InChI is InChI=1S/C18H15BrCl2N4O2/c1-2-26-17-5-13(8-24-25-10-22-23-11-25)15(19)7-18(17)27-9-12-3-4-14(20)6-16(12)21/h3-8,10-11H,2,9H2,1H3/b24-8-. The van der Waals surface area contributed by atoms with Gasteiger partial charge in [0.25, 0.3) is 0 Å². The summed E-state index contributed by atoms with van der Waals surface area (Å²) >= 11 is 15.7. The topological polar surface area (TPSA) is 61.5 Å². The van der Waals surface area contributed by atoms with Crippen LogP contribution in [0.4, 0.5) is 0 Å². The molecule has 0 radical (unpaired) electrons. The highest BCUT2D eigenvalue weighted by Gasteiger charge is 2.11. The van der Waals surface area contributed by atoms with Crippen LogP contribution in [0.25, 0.3) is 0 Å². The zero-order valence-corrected chi connectivity index (χ0v) is 17.4. The zero-order valence-electron chi connectivity index (χ0n) is 14.3. The van der Waals surface area contributed by atoms with Crippen LogP contribution in [-0.4, -0.2) is 27.7 Å². The normalized spacial score (nSPS) is 11.1. The molecule has 0 unspecified atom stereocenters. The second kappa shape index (κ2) is 9.21. The van der Waals surface area contributed by atoms with Gasteiger partial charge < -0.3 is 9.47 Å². The third kappa shape index (κ3) is 5.22. The van der Waals surface area contributed by atoms with E-state index in [4.69, 9.17) is 32.7 Å². The Hall–Kier alpha value is -2.09. The molecule has 0 aliphatic heterocycles.